The van der Waals surface area contributed by atoms with E-state index in [0.717, 1.165) is 13.4 Å². The van der Waals surface area contributed by atoms with Gasteiger partial charge in [-0.25, -0.2) is 13.2 Å². The molecule has 2 atom stereocenters. The molecule has 0 bridgehead atoms. The summed E-state index contributed by atoms with van der Waals surface area (Å²) in [5.74, 6) is -0.881. The van der Waals surface area contributed by atoms with Crippen LogP contribution in [-0.4, -0.2) is 32.7 Å². The molecule has 1 aliphatic heterocycles. The quantitative estimate of drug-likeness (QED) is 0.587. The molecule has 0 radical (unpaired) electrons. The van der Waals surface area contributed by atoms with Gasteiger partial charge in [-0.05, 0) is 5.56 Å². The largest absolute Gasteiger partial charge is 0.466 e. The number of carbonyl (C=O) groups is 1. The van der Waals surface area contributed by atoms with E-state index in [1.165, 1.54) is 0 Å². The number of carbonyl (C=O) groups excluding carboxylic acids is 1. The van der Waals surface area contributed by atoms with Crippen molar-refractivity contribution in [2.75, 3.05) is 13.4 Å². The molecule has 1 aromatic rings. The lowest BCUT2D eigenvalue weighted by Gasteiger charge is -2.08. The molecule has 0 N–H and O–H groups in total. The number of epoxide rings is 1. The number of hydrogen-bond donors (Lipinski definition) is 0. The fourth-order valence-corrected chi connectivity index (χ4v) is 2.97. The van der Waals surface area contributed by atoms with E-state index in [9.17, 15) is 13.2 Å². The molecule has 1 aliphatic rings. The van der Waals surface area contributed by atoms with Crippen LogP contribution in [0.15, 0.2) is 30.3 Å². The second-order valence-electron chi connectivity index (χ2n) is 3.84. The summed E-state index contributed by atoms with van der Waals surface area (Å²) >= 11 is 0. The van der Waals surface area contributed by atoms with E-state index in [2.05, 4.69) is 4.74 Å². The molecule has 1 fully saturated rings. The highest BCUT2D eigenvalue weighted by Crippen LogP contribution is 2.53. The van der Waals surface area contributed by atoms with Crippen molar-refractivity contribution in [1.82, 2.24) is 0 Å². The second kappa shape index (κ2) is 3.82. The summed E-state index contributed by atoms with van der Waals surface area (Å²) in [7, 11) is -2.56. The number of esters is 1. The van der Waals surface area contributed by atoms with E-state index in [1.54, 1.807) is 30.3 Å². The predicted molar refractivity (Wildman–Crippen MR) is 59.9 cm³/mol. The summed E-state index contributed by atoms with van der Waals surface area (Å²) < 4.78 is 33.0. The van der Waals surface area contributed by atoms with Crippen LogP contribution in [0.25, 0.3) is 0 Å². The number of rotatable bonds is 3. The average Bonchev–Trinajstić information content (AvgIpc) is 3.05. The fraction of sp³-hybridized carbons (Fsp3) is 0.364. The van der Waals surface area contributed by atoms with Gasteiger partial charge in [0, 0.05) is 6.26 Å². The smallest absolute Gasteiger partial charge is 0.357 e. The first-order chi connectivity index (χ1) is 7.93. The Hall–Kier alpha value is -1.40. The number of hydrogen-bond acceptors (Lipinski definition) is 5. The monoisotopic (exact) mass is 256 g/mol. The van der Waals surface area contributed by atoms with E-state index < -0.39 is 26.8 Å². The molecule has 5 nitrogen and oxygen atoms in total. The summed E-state index contributed by atoms with van der Waals surface area (Å²) in [5, 5.41) is 0. The van der Waals surface area contributed by atoms with E-state index in [1.807, 2.05) is 0 Å². The highest BCUT2D eigenvalue weighted by atomic mass is 32.2. The van der Waals surface area contributed by atoms with Gasteiger partial charge in [0.05, 0.1) is 7.11 Å². The third kappa shape index (κ3) is 1.73. The van der Waals surface area contributed by atoms with E-state index in [4.69, 9.17) is 4.74 Å². The second-order valence-corrected chi connectivity index (χ2v) is 5.99. The van der Waals surface area contributed by atoms with Crippen LogP contribution >= 0.6 is 0 Å². The van der Waals surface area contributed by atoms with Crippen LogP contribution in [0.4, 0.5) is 0 Å². The Bertz CT molecular complexity index is 536. The van der Waals surface area contributed by atoms with E-state index >= 15 is 0 Å². The van der Waals surface area contributed by atoms with Crippen LogP contribution in [0.2, 0.25) is 0 Å². The maximum Gasteiger partial charge on any atom is 0.357 e. The van der Waals surface area contributed by atoms with Crippen LogP contribution < -0.4 is 0 Å². The van der Waals surface area contributed by atoms with Gasteiger partial charge in [-0.1, -0.05) is 30.3 Å². The maximum absolute atomic E-state index is 11.7. The Morgan fingerprint density at radius 1 is 1.35 bits per heavy atom. The molecule has 92 valence electrons. The van der Waals surface area contributed by atoms with Gasteiger partial charge in [0.2, 0.25) is 0 Å². The van der Waals surface area contributed by atoms with Crippen LogP contribution in [0, 0.1) is 0 Å². The lowest BCUT2D eigenvalue weighted by Crippen LogP contribution is -2.35. The van der Waals surface area contributed by atoms with Gasteiger partial charge < -0.3 is 9.47 Å². The lowest BCUT2D eigenvalue weighted by atomic mass is 10.1. The maximum atomic E-state index is 11.7. The minimum atomic E-state index is -3.70. The lowest BCUT2D eigenvalue weighted by molar-refractivity contribution is -0.143. The SMILES string of the molecule is COC(=O)[C@@]1(S(C)(=O)=O)O[C@H]1c1ccccc1. The van der Waals surface area contributed by atoms with Crippen molar-refractivity contribution in [3.8, 4) is 0 Å². The zero-order chi connectivity index (χ0) is 12.7. The molecule has 17 heavy (non-hydrogen) atoms. The molecule has 0 spiro atoms. The van der Waals surface area contributed by atoms with Crippen molar-refractivity contribution in [2.24, 2.45) is 0 Å². The molecule has 0 amide bonds. The number of benzene rings is 1. The Labute approximate surface area is 99.3 Å². The minimum Gasteiger partial charge on any atom is -0.466 e. The van der Waals surface area contributed by atoms with Crippen molar-refractivity contribution in [3.05, 3.63) is 35.9 Å². The summed E-state index contributed by atoms with van der Waals surface area (Å²) in [6, 6.07) is 8.72. The van der Waals surface area contributed by atoms with Crippen LogP contribution in [-0.2, 0) is 24.1 Å². The molecule has 0 aliphatic carbocycles. The Morgan fingerprint density at radius 2 is 1.94 bits per heavy atom. The Kier molecular flexibility index (Phi) is 2.71. The first-order valence-corrected chi connectivity index (χ1v) is 6.83. The minimum absolute atomic E-state index is 0.642. The third-order valence-corrected chi connectivity index (χ3v) is 4.28. The topological polar surface area (TPSA) is 73.0 Å². The van der Waals surface area contributed by atoms with Gasteiger partial charge in [-0.15, -0.1) is 0 Å². The summed E-state index contributed by atoms with van der Waals surface area (Å²) in [6.45, 7) is 0. The average molecular weight is 256 g/mol. The van der Waals surface area contributed by atoms with Crippen LogP contribution in [0.1, 0.15) is 11.7 Å². The molecule has 1 saturated heterocycles. The number of sulfone groups is 1. The third-order valence-electron chi connectivity index (χ3n) is 2.70. The first-order valence-electron chi connectivity index (χ1n) is 4.94. The molecular formula is C11H12O5S. The van der Waals surface area contributed by atoms with Crippen molar-refractivity contribution in [3.63, 3.8) is 0 Å². The van der Waals surface area contributed by atoms with Gasteiger partial charge >= 0.3 is 5.97 Å². The Balaban J connectivity index is 2.41. The van der Waals surface area contributed by atoms with Crippen LogP contribution in [0.5, 0.6) is 0 Å². The summed E-state index contributed by atoms with van der Waals surface area (Å²) in [6.07, 6.45) is 0.179. The van der Waals surface area contributed by atoms with Crippen molar-refractivity contribution in [2.45, 2.75) is 11.0 Å². The van der Waals surface area contributed by atoms with Crippen LogP contribution in [0.3, 0.4) is 0 Å². The highest BCUT2D eigenvalue weighted by molar-refractivity contribution is 7.93. The van der Waals surface area contributed by atoms with Gasteiger partial charge in [-0.3, -0.25) is 0 Å². The molecular weight excluding hydrogens is 244 g/mol. The molecule has 0 saturated carbocycles. The van der Waals surface area contributed by atoms with Gasteiger partial charge in [0.25, 0.3) is 4.93 Å². The van der Waals surface area contributed by atoms with E-state index in [0.29, 0.717) is 5.56 Å². The van der Waals surface area contributed by atoms with Crippen molar-refractivity contribution < 1.29 is 22.7 Å². The summed E-state index contributed by atoms with van der Waals surface area (Å²) in [5.41, 5.74) is 0.642. The highest BCUT2D eigenvalue weighted by Gasteiger charge is 2.72. The zero-order valence-corrected chi connectivity index (χ0v) is 10.2. The molecule has 1 heterocycles. The fourth-order valence-electron chi connectivity index (χ4n) is 1.79. The molecule has 6 heteroatoms. The molecule has 0 aromatic heterocycles. The standard InChI is InChI=1S/C11H12O5S/c1-15-10(12)11(17(2,13)14)9(16-11)8-6-4-3-5-7-8/h3-7,9H,1-2H3/t9-,11+/m0/s1. The van der Waals surface area contributed by atoms with Gasteiger partial charge in [0.15, 0.2) is 9.84 Å². The van der Waals surface area contributed by atoms with Crippen molar-refractivity contribution >= 4 is 15.8 Å². The van der Waals surface area contributed by atoms with E-state index in [-0.39, 0.29) is 0 Å². The van der Waals surface area contributed by atoms with Gasteiger partial charge in [0.1, 0.15) is 6.10 Å². The normalized spacial score (nSPS) is 27.5. The first kappa shape index (κ1) is 12.1. The molecule has 1 aromatic carbocycles. The van der Waals surface area contributed by atoms with Crippen molar-refractivity contribution in [1.29, 1.82) is 0 Å². The number of methoxy groups -OCH3 is 1. The number of ether oxygens (including phenoxy) is 2. The molecule has 2 rings (SSSR count). The van der Waals surface area contributed by atoms with Gasteiger partial charge in [-0.2, -0.15) is 0 Å². The predicted octanol–water partition coefficient (Wildman–Crippen LogP) is 0.672. The molecule has 0 unspecified atom stereocenters. The summed E-state index contributed by atoms with van der Waals surface area (Å²) in [4.78, 5) is 9.73. The Morgan fingerprint density at radius 3 is 2.41 bits per heavy atom. The zero-order valence-electron chi connectivity index (χ0n) is 9.41.